The summed E-state index contributed by atoms with van der Waals surface area (Å²) >= 11 is 0. The molecule has 0 fully saturated rings. The molecular formula is C23H38N6O4. The van der Waals surface area contributed by atoms with Crippen LogP contribution in [0.5, 0.6) is 0 Å². The van der Waals surface area contributed by atoms with Crippen LogP contribution in [0.2, 0.25) is 0 Å². The highest BCUT2D eigenvalue weighted by molar-refractivity contribution is 5.93. The van der Waals surface area contributed by atoms with E-state index >= 15 is 0 Å². The van der Waals surface area contributed by atoms with Gasteiger partial charge in [-0.05, 0) is 12.5 Å². The third-order valence-corrected chi connectivity index (χ3v) is 4.36. The van der Waals surface area contributed by atoms with E-state index in [0.29, 0.717) is 37.3 Å². The van der Waals surface area contributed by atoms with Crippen molar-refractivity contribution in [2.75, 3.05) is 39.8 Å². The number of carbonyl (C=O) groups excluding carboxylic acids is 4. The minimum Gasteiger partial charge on any atom is -0.392 e. The monoisotopic (exact) mass is 462 g/mol. The largest absolute Gasteiger partial charge is 0.392 e. The Labute approximate surface area is 196 Å². The van der Waals surface area contributed by atoms with Crippen LogP contribution < -0.4 is 26.6 Å². The maximum Gasteiger partial charge on any atom is 0.251 e. The quantitative estimate of drug-likeness (QED) is 0.238. The van der Waals surface area contributed by atoms with Gasteiger partial charge in [-0.2, -0.15) is 0 Å². The molecule has 10 nitrogen and oxygen atoms in total. The fourth-order valence-corrected chi connectivity index (χ4v) is 2.48. The van der Waals surface area contributed by atoms with Gasteiger partial charge in [0.2, 0.25) is 17.7 Å². The molecule has 0 aromatic carbocycles. The van der Waals surface area contributed by atoms with Gasteiger partial charge in [-0.25, -0.2) is 0 Å². The first-order chi connectivity index (χ1) is 15.7. The first-order valence-corrected chi connectivity index (χ1v) is 11.0. The van der Waals surface area contributed by atoms with Gasteiger partial charge >= 0.3 is 0 Å². The van der Waals surface area contributed by atoms with Crippen LogP contribution in [0.1, 0.15) is 33.1 Å². The van der Waals surface area contributed by atoms with Gasteiger partial charge < -0.3 is 31.5 Å². The van der Waals surface area contributed by atoms with E-state index in [1.165, 1.54) is 11.0 Å². The molecule has 4 amide bonds. The molecule has 1 aliphatic rings. The fourth-order valence-electron chi connectivity index (χ4n) is 2.48. The highest BCUT2D eigenvalue weighted by Crippen LogP contribution is 2.13. The van der Waals surface area contributed by atoms with Crippen LogP contribution >= 0.6 is 0 Å². The zero-order valence-electron chi connectivity index (χ0n) is 20.0. The number of hydrogen-bond acceptors (Lipinski definition) is 6. The molecule has 0 bridgehead atoms. The van der Waals surface area contributed by atoms with E-state index in [-0.39, 0.29) is 49.7 Å². The van der Waals surface area contributed by atoms with Crippen LogP contribution in [-0.4, -0.2) is 68.3 Å². The molecule has 0 unspecified atom stereocenters. The smallest absolute Gasteiger partial charge is 0.251 e. The maximum absolute atomic E-state index is 11.9. The Morgan fingerprint density at radius 2 is 1.45 bits per heavy atom. The number of amides is 4. The summed E-state index contributed by atoms with van der Waals surface area (Å²) in [7, 11) is 1.75. The van der Waals surface area contributed by atoms with Crippen molar-refractivity contribution in [3.63, 3.8) is 0 Å². The van der Waals surface area contributed by atoms with Crippen LogP contribution in [-0.2, 0) is 19.2 Å². The molecule has 0 saturated carbocycles. The molecule has 5 N–H and O–H groups in total. The Kier molecular flexibility index (Phi) is 15.2. The Bertz CT molecular complexity index is 742. The zero-order valence-corrected chi connectivity index (χ0v) is 20.0. The lowest BCUT2D eigenvalue weighted by atomic mass is 10.2. The minimum atomic E-state index is -0.369. The summed E-state index contributed by atoms with van der Waals surface area (Å²) in [6.45, 7) is 16.1. The molecule has 0 aromatic heterocycles. The molecule has 0 spiro atoms. The van der Waals surface area contributed by atoms with Crippen molar-refractivity contribution < 1.29 is 19.2 Å². The Morgan fingerprint density at radius 3 is 2.06 bits per heavy atom. The van der Waals surface area contributed by atoms with Crippen molar-refractivity contribution in [3.8, 4) is 0 Å². The van der Waals surface area contributed by atoms with E-state index in [9.17, 15) is 19.2 Å². The first-order valence-electron chi connectivity index (χ1n) is 11.0. The van der Waals surface area contributed by atoms with Crippen LogP contribution in [0.15, 0.2) is 49.0 Å². The summed E-state index contributed by atoms with van der Waals surface area (Å²) in [6, 6.07) is 0. The van der Waals surface area contributed by atoms with Crippen molar-refractivity contribution >= 4 is 23.6 Å². The highest BCUT2D eigenvalue weighted by Gasteiger charge is 2.18. The van der Waals surface area contributed by atoms with Gasteiger partial charge in [0.15, 0.2) is 0 Å². The van der Waals surface area contributed by atoms with Gasteiger partial charge in [-0.3, -0.25) is 19.2 Å². The van der Waals surface area contributed by atoms with Gasteiger partial charge in [0.05, 0.1) is 19.6 Å². The lowest BCUT2D eigenvalue weighted by Crippen LogP contribution is -2.41. The van der Waals surface area contributed by atoms with Crippen molar-refractivity contribution in [3.05, 3.63) is 49.0 Å². The Balaban J connectivity index is 0.00000497. The van der Waals surface area contributed by atoms with E-state index in [4.69, 9.17) is 0 Å². The summed E-state index contributed by atoms with van der Waals surface area (Å²) < 4.78 is 0. The molecule has 1 heterocycles. The van der Waals surface area contributed by atoms with E-state index in [2.05, 4.69) is 46.3 Å². The Hall–Kier alpha value is -3.56. The van der Waals surface area contributed by atoms with Gasteiger partial charge in [0, 0.05) is 56.1 Å². The predicted molar refractivity (Wildman–Crippen MR) is 130 cm³/mol. The van der Waals surface area contributed by atoms with Crippen LogP contribution in [0.3, 0.4) is 0 Å². The maximum atomic E-state index is 11.9. The normalized spacial score (nSPS) is 11.8. The lowest BCUT2D eigenvalue weighted by Gasteiger charge is -2.16. The van der Waals surface area contributed by atoms with Crippen molar-refractivity contribution in [2.45, 2.75) is 33.1 Å². The summed E-state index contributed by atoms with van der Waals surface area (Å²) in [5.41, 5.74) is 1.90. The minimum absolute atomic E-state index is 0.0648. The second-order valence-electron chi connectivity index (χ2n) is 6.88. The van der Waals surface area contributed by atoms with Crippen LogP contribution in [0.25, 0.3) is 0 Å². The second-order valence-corrected chi connectivity index (χ2v) is 6.88. The topological polar surface area (TPSA) is 132 Å². The zero-order chi connectivity index (χ0) is 25.2. The standard InChI is InChI=1S/C21H32N6O4.C2H6/c1-15(22-4)9-10-23-19(29)14-26-20(30)13-24-16(2)12-25-18(28)6-5-11-27-17(3)7-8-21(27)31;1-2/h7-8,22,24H,1-3,5-6,9-14H2,4H3,(H,23,29)(H,25,28)(H,26,30);1-2H3. The van der Waals surface area contributed by atoms with Gasteiger partial charge in [-0.15, -0.1) is 0 Å². The average Bonchev–Trinajstić information content (AvgIpc) is 3.13. The third-order valence-electron chi connectivity index (χ3n) is 4.36. The molecular weight excluding hydrogens is 424 g/mol. The van der Waals surface area contributed by atoms with E-state index in [1.54, 1.807) is 13.1 Å². The third kappa shape index (κ3) is 13.5. The molecule has 10 heteroatoms. The highest BCUT2D eigenvalue weighted by atomic mass is 16.2. The van der Waals surface area contributed by atoms with Crippen LogP contribution in [0, 0.1) is 0 Å². The van der Waals surface area contributed by atoms with Crippen LogP contribution in [0.4, 0.5) is 0 Å². The Morgan fingerprint density at radius 1 is 0.848 bits per heavy atom. The summed E-state index contributed by atoms with van der Waals surface area (Å²) in [5, 5.41) is 13.5. The molecule has 0 aliphatic carbocycles. The number of carbonyl (C=O) groups is 4. The predicted octanol–water partition coefficient (Wildman–Crippen LogP) is 0.280. The molecule has 0 atom stereocenters. The number of hydrogen-bond donors (Lipinski definition) is 5. The van der Waals surface area contributed by atoms with Gasteiger partial charge in [0.1, 0.15) is 0 Å². The number of allylic oxidation sites excluding steroid dienone is 1. The summed E-state index contributed by atoms with van der Waals surface area (Å²) in [5.74, 6) is -0.974. The molecule has 0 radical (unpaired) electrons. The molecule has 33 heavy (non-hydrogen) atoms. The van der Waals surface area contributed by atoms with Crippen molar-refractivity contribution in [1.29, 1.82) is 0 Å². The van der Waals surface area contributed by atoms with Crippen molar-refractivity contribution in [1.82, 2.24) is 31.5 Å². The lowest BCUT2D eigenvalue weighted by molar-refractivity contribution is -0.125. The average molecular weight is 463 g/mol. The molecule has 1 aliphatic heterocycles. The molecule has 0 saturated heterocycles. The molecule has 1 rings (SSSR count). The number of rotatable bonds is 15. The van der Waals surface area contributed by atoms with E-state index in [1.807, 2.05) is 13.8 Å². The summed E-state index contributed by atoms with van der Waals surface area (Å²) in [4.78, 5) is 48.4. The van der Waals surface area contributed by atoms with E-state index in [0.717, 1.165) is 5.70 Å². The fraction of sp³-hybridized carbons (Fsp3) is 0.478. The number of nitrogens with one attached hydrogen (secondary N) is 5. The SMILES string of the molecule is C=C(CCNC(=O)CNC(=O)CNC(=C)CNC(=O)CCCN1C(=C)C=CC1=O)NC.CC. The first kappa shape index (κ1) is 29.4. The van der Waals surface area contributed by atoms with Crippen molar-refractivity contribution in [2.24, 2.45) is 0 Å². The van der Waals surface area contributed by atoms with Gasteiger partial charge in [0.25, 0.3) is 5.91 Å². The number of nitrogens with zero attached hydrogens (tertiary/aromatic N) is 1. The molecule has 184 valence electrons. The van der Waals surface area contributed by atoms with E-state index < -0.39 is 0 Å². The summed E-state index contributed by atoms with van der Waals surface area (Å²) in [6.07, 6.45) is 4.45. The van der Waals surface area contributed by atoms with Gasteiger partial charge in [-0.1, -0.05) is 33.6 Å². The second kappa shape index (κ2) is 17.0. The molecule has 0 aromatic rings.